The number of nitrogens with one attached hydrogen (secondary N) is 1. The summed E-state index contributed by atoms with van der Waals surface area (Å²) in [6, 6.07) is 13.7. The number of benzene rings is 2. The van der Waals surface area contributed by atoms with Crippen molar-refractivity contribution < 1.29 is 19.0 Å². The molecule has 6 heteroatoms. The number of hydrogen-bond acceptors (Lipinski definition) is 5. The van der Waals surface area contributed by atoms with Crippen LogP contribution < -0.4 is 19.5 Å². The molecule has 2 aromatic carbocycles. The number of amides is 1. The fraction of sp³-hybridized carbons (Fsp3) is 0.381. The van der Waals surface area contributed by atoms with Crippen molar-refractivity contribution in [3.63, 3.8) is 0 Å². The number of nitrogens with zero attached hydrogens (tertiary/aromatic N) is 1. The molecule has 0 aliphatic carbocycles. The molecule has 0 atom stereocenters. The van der Waals surface area contributed by atoms with E-state index in [1.54, 1.807) is 21.3 Å². The third kappa shape index (κ3) is 5.54. The molecule has 1 amide bonds. The van der Waals surface area contributed by atoms with Crippen LogP contribution in [-0.4, -0.2) is 45.2 Å². The number of carbonyl (C=O) groups is 1. The summed E-state index contributed by atoms with van der Waals surface area (Å²) in [5.74, 6) is 1.80. The lowest BCUT2D eigenvalue weighted by Gasteiger charge is -2.21. The van der Waals surface area contributed by atoms with Gasteiger partial charge < -0.3 is 24.4 Å². The molecule has 6 nitrogen and oxygen atoms in total. The Hall–Kier alpha value is -2.89. The first-order valence-electron chi connectivity index (χ1n) is 8.98. The van der Waals surface area contributed by atoms with E-state index >= 15 is 0 Å². The maximum atomic E-state index is 12.5. The summed E-state index contributed by atoms with van der Waals surface area (Å²) in [5.41, 5.74) is 1.94. The first-order valence-corrected chi connectivity index (χ1v) is 8.98. The Kier molecular flexibility index (Phi) is 7.79. The minimum absolute atomic E-state index is 0.112. The number of carbonyl (C=O) groups excluding carboxylic acids is 1. The second-order valence-electron chi connectivity index (χ2n) is 5.98. The molecule has 0 aliphatic heterocycles. The van der Waals surface area contributed by atoms with Gasteiger partial charge in [-0.05, 0) is 12.5 Å². The third-order valence-corrected chi connectivity index (χ3v) is 4.28. The second kappa shape index (κ2) is 10.3. The number of rotatable bonds is 10. The van der Waals surface area contributed by atoms with E-state index in [9.17, 15) is 4.79 Å². The Bertz CT molecular complexity index is 709. The zero-order valence-electron chi connectivity index (χ0n) is 16.5. The third-order valence-electron chi connectivity index (χ3n) is 4.28. The smallest absolute Gasteiger partial charge is 0.224 e. The van der Waals surface area contributed by atoms with Crippen LogP contribution in [0, 0.1) is 0 Å². The van der Waals surface area contributed by atoms with Gasteiger partial charge in [0.05, 0.1) is 21.3 Å². The van der Waals surface area contributed by atoms with Crippen LogP contribution in [0.3, 0.4) is 0 Å². The highest BCUT2D eigenvalue weighted by Crippen LogP contribution is 2.39. The summed E-state index contributed by atoms with van der Waals surface area (Å²) in [4.78, 5) is 14.4. The fourth-order valence-electron chi connectivity index (χ4n) is 2.84. The molecule has 0 saturated heterocycles. The predicted octanol–water partition coefficient (Wildman–Crippen LogP) is 3.56. The number of anilines is 1. The van der Waals surface area contributed by atoms with Crippen LogP contribution in [-0.2, 0) is 11.3 Å². The molecule has 0 radical (unpaired) electrons. The van der Waals surface area contributed by atoms with Crippen molar-refractivity contribution in [2.24, 2.45) is 0 Å². The van der Waals surface area contributed by atoms with Crippen molar-refractivity contribution in [2.75, 3.05) is 39.7 Å². The summed E-state index contributed by atoms with van der Waals surface area (Å²) in [5, 5.41) is 3.26. The van der Waals surface area contributed by atoms with E-state index in [0.29, 0.717) is 43.3 Å². The molecule has 0 bridgehead atoms. The van der Waals surface area contributed by atoms with Crippen LogP contribution in [0.25, 0.3) is 0 Å². The molecule has 2 rings (SSSR count). The highest BCUT2D eigenvalue weighted by molar-refractivity contribution is 5.76. The van der Waals surface area contributed by atoms with Crippen molar-refractivity contribution in [3.05, 3.63) is 48.0 Å². The highest BCUT2D eigenvalue weighted by atomic mass is 16.5. The van der Waals surface area contributed by atoms with Crippen molar-refractivity contribution in [3.8, 4) is 17.2 Å². The summed E-state index contributed by atoms with van der Waals surface area (Å²) in [7, 11) is 4.72. The van der Waals surface area contributed by atoms with E-state index in [0.717, 1.165) is 11.3 Å². The first kappa shape index (κ1) is 20.4. The van der Waals surface area contributed by atoms with Crippen molar-refractivity contribution in [1.29, 1.82) is 0 Å². The molecule has 0 heterocycles. The van der Waals surface area contributed by atoms with Crippen LogP contribution in [0.15, 0.2) is 42.5 Å². The average Bonchev–Trinajstić information content (AvgIpc) is 2.71. The monoisotopic (exact) mass is 372 g/mol. The Morgan fingerprint density at radius 1 is 1.00 bits per heavy atom. The van der Waals surface area contributed by atoms with E-state index in [1.807, 2.05) is 54.3 Å². The van der Waals surface area contributed by atoms with Gasteiger partial charge in [0.1, 0.15) is 0 Å². The minimum Gasteiger partial charge on any atom is -0.493 e. The van der Waals surface area contributed by atoms with Gasteiger partial charge in [-0.25, -0.2) is 0 Å². The lowest BCUT2D eigenvalue weighted by molar-refractivity contribution is -0.131. The van der Waals surface area contributed by atoms with E-state index in [4.69, 9.17) is 14.2 Å². The molecule has 2 aromatic rings. The summed E-state index contributed by atoms with van der Waals surface area (Å²) < 4.78 is 16.0. The molecular formula is C21H28N2O4. The molecule has 27 heavy (non-hydrogen) atoms. The van der Waals surface area contributed by atoms with E-state index in [2.05, 4.69) is 5.32 Å². The molecular weight excluding hydrogens is 344 g/mol. The van der Waals surface area contributed by atoms with E-state index < -0.39 is 0 Å². The highest BCUT2D eigenvalue weighted by Gasteiger charge is 2.14. The fourth-order valence-corrected chi connectivity index (χ4v) is 2.84. The van der Waals surface area contributed by atoms with E-state index in [1.165, 1.54) is 0 Å². The molecule has 0 spiro atoms. The number of hydrogen-bond donors (Lipinski definition) is 1. The Labute approximate surface area is 161 Å². The quantitative estimate of drug-likeness (QED) is 0.691. The first-order chi connectivity index (χ1) is 13.1. The minimum atomic E-state index is 0.112. The SMILES string of the molecule is CCN(Cc1ccccc1)C(=O)CCNc1cc(OC)c(OC)c(OC)c1. The van der Waals surface area contributed by atoms with Crippen LogP contribution in [0.2, 0.25) is 0 Å². The van der Waals surface area contributed by atoms with Crippen LogP contribution in [0.1, 0.15) is 18.9 Å². The predicted molar refractivity (Wildman–Crippen MR) is 107 cm³/mol. The van der Waals surface area contributed by atoms with Crippen molar-refractivity contribution >= 4 is 11.6 Å². The van der Waals surface area contributed by atoms with E-state index in [-0.39, 0.29) is 5.91 Å². The van der Waals surface area contributed by atoms with Gasteiger partial charge in [0.25, 0.3) is 0 Å². The lowest BCUT2D eigenvalue weighted by atomic mass is 10.2. The van der Waals surface area contributed by atoms with Crippen molar-refractivity contribution in [1.82, 2.24) is 4.90 Å². The maximum Gasteiger partial charge on any atom is 0.224 e. The molecule has 0 aliphatic rings. The molecule has 0 unspecified atom stereocenters. The van der Waals surface area contributed by atoms with Crippen LogP contribution in [0.5, 0.6) is 17.2 Å². The van der Waals surface area contributed by atoms with Gasteiger partial charge in [0, 0.05) is 43.9 Å². The Morgan fingerprint density at radius 3 is 2.15 bits per heavy atom. The molecule has 0 aromatic heterocycles. The Balaban J connectivity index is 1.95. The molecule has 1 N–H and O–H groups in total. The van der Waals surface area contributed by atoms with Gasteiger partial charge in [-0.2, -0.15) is 0 Å². The van der Waals surface area contributed by atoms with Gasteiger partial charge in [-0.15, -0.1) is 0 Å². The number of methoxy groups -OCH3 is 3. The molecule has 0 saturated carbocycles. The van der Waals surface area contributed by atoms with Gasteiger partial charge >= 0.3 is 0 Å². The Morgan fingerprint density at radius 2 is 1.63 bits per heavy atom. The van der Waals surface area contributed by atoms with Gasteiger partial charge in [-0.1, -0.05) is 30.3 Å². The maximum absolute atomic E-state index is 12.5. The van der Waals surface area contributed by atoms with Gasteiger partial charge in [0.2, 0.25) is 11.7 Å². The lowest BCUT2D eigenvalue weighted by Crippen LogP contribution is -2.31. The second-order valence-corrected chi connectivity index (χ2v) is 5.98. The topological polar surface area (TPSA) is 60.0 Å². The van der Waals surface area contributed by atoms with Crippen molar-refractivity contribution in [2.45, 2.75) is 19.9 Å². The summed E-state index contributed by atoms with van der Waals surface area (Å²) in [6.07, 6.45) is 0.400. The molecule has 146 valence electrons. The standard InChI is InChI=1S/C21H28N2O4/c1-5-23(15-16-9-7-6-8-10-16)20(24)11-12-22-17-13-18(25-2)21(27-4)19(14-17)26-3/h6-10,13-14,22H,5,11-12,15H2,1-4H3. The number of ether oxygens (including phenoxy) is 3. The summed E-state index contributed by atoms with van der Waals surface area (Å²) in [6.45, 7) is 3.81. The normalized spacial score (nSPS) is 10.2. The average molecular weight is 372 g/mol. The largest absolute Gasteiger partial charge is 0.493 e. The van der Waals surface area contributed by atoms with Gasteiger partial charge in [-0.3, -0.25) is 4.79 Å². The van der Waals surface area contributed by atoms with Crippen LogP contribution in [0.4, 0.5) is 5.69 Å². The van der Waals surface area contributed by atoms with Gasteiger partial charge in [0.15, 0.2) is 11.5 Å². The van der Waals surface area contributed by atoms with Crippen LogP contribution >= 0.6 is 0 Å². The zero-order chi connectivity index (χ0) is 19.6. The summed E-state index contributed by atoms with van der Waals surface area (Å²) >= 11 is 0. The zero-order valence-corrected chi connectivity index (χ0v) is 16.5. The molecule has 0 fully saturated rings.